The van der Waals surface area contributed by atoms with E-state index in [-0.39, 0.29) is 11.8 Å². The second-order valence-electron chi connectivity index (χ2n) is 7.26. The predicted octanol–water partition coefficient (Wildman–Crippen LogP) is 5.09. The van der Waals surface area contributed by atoms with Crippen LogP contribution >= 0.6 is 11.3 Å². The fraction of sp³-hybridized carbons (Fsp3) is 0.571. The summed E-state index contributed by atoms with van der Waals surface area (Å²) in [5.41, 5.74) is 0. The summed E-state index contributed by atoms with van der Waals surface area (Å²) in [6, 6.07) is 9.73. The Bertz CT molecular complexity index is 696. The van der Waals surface area contributed by atoms with Crippen LogP contribution in [0.2, 0.25) is 0 Å². The van der Waals surface area contributed by atoms with E-state index < -0.39 is 0 Å². The van der Waals surface area contributed by atoms with Crippen molar-refractivity contribution in [3.05, 3.63) is 35.3 Å². The van der Waals surface area contributed by atoms with Crippen molar-refractivity contribution < 1.29 is 9.53 Å². The molecule has 1 saturated carbocycles. The molecule has 1 aliphatic carbocycles. The maximum atomic E-state index is 12.5. The zero-order valence-corrected chi connectivity index (χ0v) is 16.8. The number of amides is 1. The molecule has 0 spiro atoms. The molecule has 0 unspecified atom stereocenters. The maximum Gasteiger partial charge on any atom is 0.229 e. The van der Waals surface area contributed by atoms with Crippen LogP contribution in [0.3, 0.4) is 0 Å². The van der Waals surface area contributed by atoms with Crippen LogP contribution in [0.5, 0.6) is 5.75 Å². The molecule has 6 heteroatoms. The largest absolute Gasteiger partial charge is 0.493 e. The summed E-state index contributed by atoms with van der Waals surface area (Å²) in [5.74, 6) is 1.89. The van der Waals surface area contributed by atoms with E-state index in [1.54, 1.807) is 0 Å². The maximum absolute atomic E-state index is 12.5. The molecule has 0 bridgehead atoms. The molecule has 1 aromatic heterocycles. The lowest BCUT2D eigenvalue weighted by Crippen LogP contribution is -2.27. The summed E-state index contributed by atoms with van der Waals surface area (Å²) >= 11 is 1.44. The lowest BCUT2D eigenvalue weighted by Gasteiger charge is -2.27. The summed E-state index contributed by atoms with van der Waals surface area (Å²) in [7, 11) is 0. The number of hydrogen-bond acceptors (Lipinski definition) is 5. The molecule has 1 aliphatic rings. The minimum absolute atomic E-state index is 0.104. The van der Waals surface area contributed by atoms with Crippen LogP contribution in [0.1, 0.15) is 56.9 Å². The van der Waals surface area contributed by atoms with Crippen molar-refractivity contribution in [2.45, 2.75) is 58.3 Å². The molecule has 5 nitrogen and oxygen atoms in total. The number of para-hydroxylation sites is 1. The summed E-state index contributed by atoms with van der Waals surface area (Å²) in [6.07, 6.45) is 8.92. The van der Waals surface area contributed by atoms with Crippen LogP contribution in [0.25, 0.3) is 0 Å². The zero-order chi connectivity index (χ0) is 18.9. The smallest absolute Gasteiger partial charge is 0.229 e. The average molecular weight is 388 g/mol. The Labute approximate surface area is 165 Å². The first-order valence-electron chi connectivity index (χ1n) is 10.1. The standard InChI is InChI=1S/C21H29N3O2S/c1-2-3-7-16-10-12-17(13-11-16)20(25)22-21-24-23-19(27-21)14-15-26-18-8-5-4-6-9-18/h4-6,8-9,16-17H,2-3,7,10-15H2,1H3,(H,22,24,25). The van der Waals surface area contributed by atoms with Gasteiger partial charge in [0.15, 0.2) is 0 Å². The molecule has 27 heavy (non-hydrogen) atoms. The van der Waals surface area contributed by atoms with Gasteiger partial charge < -0.3 is 10.1 Å². The molecule has 1 amide bonds. The van der Waals surface area contributed by atoms with Crippen molar-refractivity contribution in [2.24, 2.45) is 11.8 Å². The highest BCUT2D eigenvalue weighted by Gasteiger charge is 2.26. The van der Waals surface area contributed by atoms with E-state index in [4.69, 9.17) is 4.74 Å². The van der Waals surface area contributed by atoms with Gasteiger partial charge in [0.25, 0.3) is 0 Å². The van der Waals surface area contributed by atoms with Gasteiger partial charge in [0.2, 0.25) is 11.0 Å². The normalized spacial score (nSPS) is 19.6. The quantitative estimate of drug-likeness (QED) is 0.650. The highest BCUT2D eigenvalue weighted by atomic mass is 32.1. The number of aromatic nitrogens is 2. The van der Waals surface area contributed by atoms with E-state index in [2.05, 4.69) is 22.4 Å². The van der Waals surface area contributed by atoms with E-state index in [1.807, 2.05) is 30.3 Å². The van der Waals surface area contributed by atoms with E-state index >= 15 is 0 Å². The Morgan fingerprint density at radius 3 is 2.70 bits per heavy atom. The Hall–Kier alpha value is -1.95. The van der Waals surface area contributed by atoms with Crippen LogP contribution in [0.4, 0.5) is 5.13 Å². The van der Waals surface area contributed by atoms with Gasteiger partial charge in [-0.05, 0) is 43.7 Å². The van der Waals surface area contributed by atoms with Crippen molar-refractivity contribution in [1.29, 1.82) is 0 Å². The monoisotopic (exact) mass is 387 g/mol. The number of carbonyl (C=O) groups excluding carboxylic acids is 1. The third-order valence-electron chi connectivity index (χ3n) is 5.21. The number of anilines is 1. The molecule has 1 fully saturated rings. The highest BCUT2D eigenvalue weighted by Crippen LogP contribution is 2.32. The molecular weight excluding hydrogens is 358 g/mol. The van der Waals surface area contributed by atoms with Gasteiger partial charge in [-0.2, -0.15) is 0 Å². The molecule has 0 saturated heterocycles. The first kappa shape index (κ1) is 19.8. The van der Waals surface area contributed by atoms with Crippen LogP contribution in [0.15, 0.2) is 30.3 Å². The lowest BCUT2D eigenvalue weighted by atomic mass is 9.79. The first-order chi connectivity index (χ1) is 13.2. The van der Waals surface area contributed by atoms with Gasteiger partial charge in [0, 0.05) is 12.3 Å². The van der Waals surface area contributed by atoms with Crippen molar-refractivity contribution in [1.82, 2.24) is 10.2 Å². The topological polar surface area (TPSA) is 64.1 Å². The summed E-state index contributed by atoms with van der Waals surface area (Å²) in [5, 5.41) is 12.7. The van der Waals surface area contributed by atoms with Crippen LogP contribution in [-0.4, -0.2) is 22.7 Å². The minimum Gasteiger partial charge on any atom is -0.493 e. The third kappa shape index (κ3) is 6.31. The number of carbonyl (C=O) groups is 1. The fourth-order valence-electron chi connectivity index (χ4n) is 3.59. The number of ether oxygens (including phenoxy) is 1. The van der Waals surface area contributed by atoms with Gasteiger partial charge >= 0.3 is 0 Å². The van der Waals surface area contributed by atoms with Gasteiger partial charge in [-0.1, -0.05) is 55.7 Å². The van der Waals surface area contributed by atoms with Crippen LogP contribution in [-0.2, 0) is 11.2 Å². The second-order valence-corrected chi connectivity index (χ2v) is 8.32. The van der Waals surface area contributed by atoms with Crippen molar-refractivity contribution in [2.75, 3.05) is 11.9 Å². The molecule has 0 atom stereocenters. The predicted molar refractivity (Wildman–Crippen MR) is 109 cm³/mol. The number of nitrogens with one attached hydrogen (secondary N) is 1. The summed E-state index contributed by atoms with van der Waals surface area (Å²) in [4.78, 5) is 12.5. The second kappa shape index (κ2) is 10.4. The van der Waals surface area contributed by atoms with Crippen molar-refractivity contribution in [3.8, 4) is 5.75 Å². The van der Waals surface area contributed by atoms with Gasteiger partial charge in [0.1, 0.15) is 10.8 Å². The number of nitrogens with zero attached hydrogens (tertiary/aromatic N) is 2. The van der Waals surface area contributed by atoms with Gasteiger partial charge in [0.05, 0.1) is 6.61 Å². The van der Waals surface area contributed by atoms with Crippen molar-refractivity contribution in [3.63, 3.8) is 0 Å². The Morgan fingerprint density at radius 1 is 1.19 bits per heavy atom. The fourth-order valence-corrected chi connectivity index (χ4v) is 4.32. The molecule has 1 heterocycles. The SMILES string of the molecule is CCCCC1CCC(C(=O)Nc2nnc(CCOc3ccccc3)s2)CC1. The van der Waals surface area contributed by atoms with E-state index in [0.29, 0.717) is 18.2 Å². The number of unbranched alkanes of at least 4 members (excludes halogenated alkanes) is 1. The molecular formula is C21H29N3O2S. The third-order valence-corrected chi connectivity index (χ3v) is 6.11. The minimum atomic E-state index is 0.104. The summed E-state index contributed by atoms with van der Waals surface area (Å²) in [6.45, 7) is 2.79. The van der Waals surface area contributed by atoms with Crippen LogP contribution in [0, 0.1) is 11.8 Å². The van der Waals surface area contributed by atoms with E-state index in [0.717, 1.165) is 29.5 Å². The molecule has 146 valence electrons. The molecule has 1 aromatic carbocycles. The number of rotatable bonds is 9. The first-order valence-corrected chi connectivity index (χ1v) is 10.9. The average Bonchev–Trinajstić information content (AvgIpc) is 3.14. The zero-order valence-electron chi connectivity index (χ0n) is 16.0. The summed E-state index contributed by atoms with van der Waals surface area (Å²) < 4.78 is 5.68. The Kier molecular flexibility index (Phi) is 7.63. The van der Waals surface area contributed by atoms with E-state index in [9.17, 15) is 4.79 Å². The van der Waals surface area contributed by atoms with Gasteiger partial charge in [-0.25, -0.2) is 0 Å². The van der Waals surface area contributed by atoms with Gasteiger partial charge in [-0.3, -0.25) is 4.79 Å². The Balaban J connectivity index is 1.39. The number of benzene rings is 1. The van der Waals surface area contributed by atoms with Gasteiger partial charge in [-0.15, -0.1) is 10.2 Å². The van der Waals surface area contributed by atoms with E-state index in [1.165, 1.54) is 43.4 Å². The Morgan fingerprint density at radius 2 is 1.96 bits per heavy atom. The molecule has 0 radical (unpaired) electrons. The molecule has 2 aromatic rings. The van der Waals surface area contributed by atoms with Crippen molar-refractivity contribution >= 4 is 22.4 Å². The highest BCUT2D eigenvalue weighted by molar-refractivity contribution is 7.15. The van der Waals surface area contributed by atoms with Crippen LogP contribution < -0.4 is 10.1 Å². The molecule has 3 rings (SSSR count). The number of hydrogen-bond donors (Lipinski definition) is 1. The lowest BCUT2D eigenvalue weighted by molar-refractivity contribution is -0.121. The molecule has 0 aliphatic heterocycles. The molecule has 1 N–H and O–H groups in total.